The fraction of sp³-hybridized carbons (Fsp3) is 0.250. The predicted octanol–water partition coefficient (Wildman–Crippen LogP) is 2.10. The van der Waals surface area contributed by atoms with Crippen molar-refractivity contribution in [3.8, 4) is 17.2 Å². The Morgan fingerprint density at radius 1 is 1.14 bits per heavy atom. The maximum absolute atomic E-state index is 12.6. The number of methoxy groups -OCH3 is 1. The summed E-state index contributed by atoms with van der Waals surface area (Å²) in [5.41, 5.74) is 1.77. The van der Waals surface area contributed by atoms with Gasteiger partial charge in [-0.2, -0.15) is 4.80 Å². The Labute approximate surface area is 162 Å². The summed E-state index contributed by atoms with van der Waals surface area (Å²) >= 11 is 0. The lowest BCUT2D eigenvalue weighted by molar-refractivity contribution is 0.0942. The molecule has 0 atom stereocenters. The van der Waals surface area contributed by atoms with E-state index >= 15 is 0 Å². The summed E-state index contributed by atoms with van der Waals surface area (Å²) in [7, 11) is 1.58. The monoisotopic (exact) mass is 382 g/mol. The third-order valence-corrected chi connectivity index (χ3v) is 4.06. The molecule has 28 heavy (non-hydrogen) atoms. The number of nitrogens with one attached hydrogen (secondary N) is 1. The topological polar surface area (TPSA) is 98.5 Å². The molecule has 0 saturated carbocycles. The highest BCUT2D eigenvalue weighted by atomic mass is 16.5. The molecule has 0 aliphatic heterocycles. The van der Waals surface area contributed by atoms with Crippen LogP contribution in [0.25, 0.3) is 5.69 Å². The molecule has 0 aliphatic carbocycles. The van der Waals surface area contributed by atoms with E-state index in [1.54, 1.807) is 31.4 Å². The third kappa shape index (κ3) is 4.29. The van der Waals surface area contributed by atoms with Crippen LogP contribution in [0.1, 0.15) is 28.7 Å². The number of para-hydroxylation sites is 1. The number of carbonyl (C=O) groups excluding carboxylic acids is 1. The van der Waals surface area contributed by atoms with Crippen molar-refractivity contribution in [2.45, 2.75) is 20.1 Å². The Kier molecular flexibility index (Phi) is 6.23. The molecule has 3 rings (SSSR count). The fourth-order valence-corrected chi connectivity index (χ4v) is 2.69. The summed E-state index contributed by atoms with van der Waals surface area (Å²) in [6, 6.07) is 14.6. The lowest BCUT2D eigenvalue weighted by Gasteiger charge is -2.08. The van der Waals surface area contributed by atoms with Crippen LogP contribution in [0.2, 0.25) is 0 Å². The number of hydrogen-bond donors (Lipinski definition) is 2. The van der Waals surface area contributed by atoms with Crippen LogP contribution in [0.4, 0.5) is 0 Å². The van der Waals surface area contributed by atoms with Crippen molar-refractivity contribution in [2.24, 2.45) is 0 Å². The molecule has 0 spiro atoms. The second-order valence-electron chi connectivity index (χ2n) is 5.86. The Hall–Kier alpha value is -3.39. The van der Waals surface area contributed by atoms with Gasteiger partial charge >= 0.3 is 0 Å². The second kappa shape index (κ2) is 9.01. The minimum Gasteiger partial charge on any atom is -0.496 e. The number of aromatic nitrogens is 3. The smallest absolute Gasteiger partial charge is 0.274 e. The summed E-state index contributed by atoms with van der Waals surface area (Å²) in [5, 5.41) is 20.8. The Morgan fingerprint density at radius 3 is 2.57 bits per heavy atom. The normalized spacial score (nSPS) is 10.5. The minimum absolute atomic E-state index is 0.0753. The van der Waals surface area contributed by atoms with E-state index in [2.05, 4.69) is 15.5 Å². The molecule has 146 valence electrons. The van der Waals surface area contributed by atoms with E-state index in [0.29, 0.717) is 18.0 Å². The number of aliphatic hydroxyl groups excluding tert-OH is 1. The summed E-state index contributed by atoms with van der Waals surface area (Å²) in [6.07, 6.45) is 0. The van der Waals surface area contributed by atoms with Gasteiger partial charge in [0.2, 0.25) is 0 Å². The van der Waals surface area contributed by atoms with E-state index in [4.69, 9.17) is 9.47 Å². The molecule has 8 heteroatoms. The quantitative estimate of drug-likeness (QED) is 0.619. The van der Waals surface area contributed by atoms with E-state index in [1.807, 2.05) is 31.2 Å². The van der Waals surface area contributed by atoms with Gasteiger partial charge in [0.15, 0.2) is 5.69 Å². The van der Waals surface area contributed by atoms with E-state index in [0.717, 1.165) is 11.3 Å². The molecule has 0 unspecified atom stereocenters. The number of nitrogens with zero attached hydrogens (tertiary/aromatic N) is 3. The average Bonchev–Trinajstić information content (AvgIpc) is 3.17. The first-order valence-electron chi connectivity index (χ1n) is 8.86. The summed E-state index contributed by atoms with van der Waals surface area (Å²) < 4.78 is 10.7. The van der Waals surface area contributed by atoms with Crippen molar-refractivity contribution in [1.82, 2.24) is 20.3 Å². The number of aliphatic hydroxyl groups is 1. The van der Waals surface area contributed by atoms with Crippen LogP contribution in [0.15, 0.2) is 48.5 Å². The van der Waals surface area contributed by atoms with Crippen molar-refractivity contribution in [2.75, 3.05) is 13.7 Å². The Morgan fingerprint density at radius 2 is 1.89 bits per heavy atom. The van der Waals surface area contributed by atoms with E-state index in [9.17, 15) is 9.90 Å². The molecule has 3 aromatic rings. The van der Waals surface area contributed by atoms with Gasteiger partial charge in [-0.15, -0.1) is 10.2 Å². The van der Waals surface area contributed by atoms with Gasteiger partial charge in [-0.05, 0) is 37.3 Å². The second-order valence-corrected chi connectivity index (χ2v) is 5.86. The lowest BCUT2D eigenvalue weighted by Crippen LogP contribution is -2.24. The van der Waals surface area contributed by atoms with Crippen molar-refractivity contribution in [3.05, 3.63) is 65.5 Å². The van der Waals surface area contributed by atoms with Gasteiger partial charge in [0.05, 0.1) is 26.0 Å². The Balaban J connectivity index is 1.77. The third-order valence-electron chi connectivity index (χ3n) is 4.06. The highest BCUT2D eigenvalue weighted by Crippen LogP contribution is 2.18. The predicted molar refractivity (Wildman–Crippen MR) is 103 cm³/mol. The standard InChI is InChI=1S/C20H22N4O4/c1-3-28-16-10-8-15(9-11-16)24-22-17(13-25)19(23-24)20(26)21-12-14-6-4-5-7-18(14)27-2/h4-11,25H,3,12-13H2,1-2H3,(H,21,26). The molecule has 0 radical (unpaired) electrons. The van der Waals surface area contributed by atoms with Gasteiger partial charge < -0.3 is 19.9 Å². The average molecular weight is 382 g/mol. The van der Waals surface area contributed by atoms with Crippen LogP contribution >= 0.6 is 0 Å². The van der Waals surface area contributed by atoms with Crippen molar-refractivity contribution in [1.29, 1.82) is 0 Å². The zero-order valence-corrected chi connectivity index (χ0v) is 15.8. The largest absolute Gasteiger partial charge is 0.496 e. The maximum Gasteiger partial charge on any atom is 0.274 e. The molecular formula is C20H22N4O4. The first-order chi connectivity index (χ1) is 13.7. The lowest BCUT2D eigenvalue weighted by atomic mass is 10.2. The van der Waals surface area contributed by atoms with Gasteiger partial charge in [0, 0.05) is 12.1 Å². The van der Waals surface area contributed by atoms with Crippen LogP contribution in [-0.4, -0.2) is 39.7 Å². The van der Waals surface area contributed by atoms with Crippen LogP contribution in [0.3, 0.4) is 0 Å². The zero-order chi connectivity index (χ0) is 19.9. The van der Waals surface area contributed by atoms with Crippen LogP contribution < -0.4 is 14.8 Å². The summed E-state index contributed by atoms with van der Waals surface area (Å²) in [4.78, 5) is 13.9. The number of carbonyl (C=O) groups is 1. The summed E-state index contributed by atoms with van der Waals surface area (Å²) in [6.45, 7) is 2.36. The van der Waals surface area contributed by atoms with Crippen LogP contribution in [-0.2, 0) is 13.2 Å². The molecule has 2 N–H and O–H groups in total. The molecule has 0 aliphatic rings. The van der Waals surface area contributed by atoms with Gasteiger partial charge in [0.25, 0.3) is 5.91 Å². The first-order valence-corrected chi connectivity index (χ1v) is 8.86. The van der Waals surface area contributed by atoms with Crippen molar-refractivity contribution >= 4 is 5.91 Å². The fourth-order valence-electron chi connectivity index (χ4n) is 2.69. The molecule has 0 saturated heterocycles. The molecule has 2 aromatic carbocycles. The van der Waals surface area contributed by atoms with Gasteiger partial charge in [-0.3, -0.25) is 4.79 Å². The van der Waals surface area contributed by atoms with Gasteiger partial charge in [0.1, 0.15) is 17.2 Å². The molecule has 0 bridgehead atoms. The van der Waals surface area contributed by atoms with E-state index < -0.39 is 12.5 Å². The molecule has 1 heterocycles. The van der Waals surface area contributed by atoms with Crippen molar-refractivity contribution < 1.29 is 19.4 Å². The number of amides is 1. The molecule has 1 amide bonds. The molecule has 1 aromatic heterocycles. The number of hydrogen-bond acceptors (Lipinski definition) is 6. The highest BCUT2D eigenvalue weighted by molar-refractivity contribution is 5.93. The molecular weight excluding hydrogens is 360 g/mol. The number of rotatable bonds is 8. The number of ether oxygens (including phenoxy) is 2. The molecule has 0 fully saturated rings. The minimum atomic E-state index is -0.424. The van der Waals surface area contributed by atoms with Gasteiger partial charge in [-0.25, -0.2) is 0 Å². The van der Waals surface area contributed by atoms with E-state index in [1.165, 1.54) is 4.80 Å². The zero-order valence-electron chi connectivity index (χ0n) is 15.8. The highest BCUT2D eigenvalue weighted by Gasteiger charge is 2.19. The van der Waals surface area contributed by atoms with Crippen molar-refractivity contribution in [3.63, 3.8) is 0 Å². The first kappa shape index (κ1) is 19.4. The summed E-state index contributed by atoms with van der Waals surface area (Å²) in [5.74, 6) is 0.992. The molecule has 8 nitrogen and oxygen atoms in total. The van der Waals surface area contributed by atoms with Crippen LogP contribution in [0, 0.1) is 0 Å². The van der Waals surface area contributed by atoms with Gasteiger partial charge in [-0.1, -0.05) is 18.2 Å². The van der Waals surface area contributed by atoms with Crippen LogP contribution in [0.5, 0.6) is 11.5 Å². The number of benzene rings is 2. The maximum atomic E-state index is 12.6. The van der Waals surface area contributed by atoms with E-state index in [-0.39, 0.29) is 17.9 Å². The Bertz CT molecular complexity index is 938. The SMILES string of the molecule is CCOc1ccc(-n2nc(CO)c(C(=O)NCc3ccccc3OC)n2)cc1.